The molecule has 0 radical (unpaired) electrons. The molecular formula is C13H20N4O2S2. The third kappa shape index (κ3) is 3.39. The third-order valence-corrected chi connectivity index (χ3v) is 5.91. The predicted molar refractivity (Wildman–Crippen MR) is 85.6 cm³/mol. The quantitative estimate of drug-likeness (QED) is 0.808. The van der Waals surface area contributed by atoms with Gasteiger partial charge in [0.2, 0.25) is 10.0 Å². The summed E-state index contributed by atoms with van der Waals surface area (Å²) in [5, 5.41) is 0. The molecule has 1 atom stereocenters. The summed E-state index contributed by atoms with van der Waals surface area (Å²) in [5.74, 6) is 0. The lowest BCUT2D eigenvalue weighted by atomic mass is 10.1. The van der Waals surface area contributed by atoms with Crippen molar-refractivity contribution in [3.05, 3.63) is 24.0 Å². The Kier molecular flexibility index (Phi) is 4.92. The van der Waals surface area contributed by atoms with Gasteiger partial charge >= 0.3 is 0 Å². The molecule has 6 nitrogen and oxygen atoms in total. The fraction of sp³-hybridized carbons (Fsp3) is 0.538. The van der Waals surface area contributed by atoms with Gasteiger partial charge in [0, 0.05) is 25.8 Å². The van der Waals surface area contributed by atoms with Crippen molar-refractivity contribution in [2.24, 2.45) is 5.73 Å². The van der Waals surface area contributed by atoms with Crippen molar-refractivity contribution < 1.29 is 8.42 Å². The van der Waals surface area contributed by atoms with Crippen LogP contribution in [0.1, 0.15) is 18.5 Å². The summed E-state index contributed by atoms with van der Waals surface area (Å²) in [6, 6.07) is 3.03. The Hall–Kier alpha value is -1.09. The smallest absolute Gasteiger partial charge is 0.245 e. The molecule has 2 heterocycles. The number of nitrogens with two attached hydrogens (primary N) is 1. The molecule has 116 valence electrons. The highest BCUT2D eigenvalue weighted by atomic mass is 32.2. The number of piperidine rings is 1. The van der Waals surface area contributed by atoms with Gasteiger partial charge in [-0.1, -0.05) is 12.2 Å². The van der Waals surface area contributed by atoms with Gasteiger partial charge in [-0.2, -0.15) is 4.31 Å². The molecule has 8 heteroatoms. The molecule has 0 bridgehead atoms. The summed E-state index contributed by atoms with van der Waals surface area (Å²) < 4.78 is 27.0. The van der Waals surface area contributed by atoms with Crippen LogP contribution in [-0.2, 0) is 10.0 Å². The summed E-state index contributed by atoms with van der Waals surface area (Å²) in [6.07, 6.45) is 3.32. The lowest BCUT2D eigenvalue weighted by Gasteiger charge is -2.35. The van der Waals surface area contributed by atoms with Crippen LogP contribution in [0.2, 0.25) is 0 Å². The second-order valence-corrected chi connectivity index (χ2v) is 7.70. The Bertz CT molecular complexity index is 633. The number of rotatable bonds is 4. The number of pyridine rings is 1. The number of hydrogen-bond acceptors (Lipinski definition) is 5. The molecule has 1 unspecified atom stereocenters. The number of sulfonamides is 1. The molecule has 0 spiro atoms. The average molecular weight is 328 g/mol. The van der Waals surface area contributed by atoms with Gasteiger partial charge in [0.1, 0.15) is 15.6 Å². The summed E-state index contributed by atoms with van der Waals surface area (Å²) in [7, 11) is -0.0572. The maximum Gasteiger partial charge on any atom is 0.245 e. The van der Waals surface area contributed by atoms with Gasteiger partial charge in [0.25, 0.3) is 0 Å². The third-order valence-electron chi connectivity index (χ3n) is 3.77. The van der Waals surface area contributed by atoms with Crippen LogP contribution in [0.15, 0.2) is 23.2 Å². The van der Waals surface area contributed by atoms with Gasteiger partial charge in [-0.25, -0.2) is 8.42 Å². The van der Waals surface area contributed by atoms with Gasteiger partial charge in [0.05, 0.1) is 0 Å². The van der Waals surface area contributed by atoms with Crippen LogP contribution in [0.4, 0.5) is 0 Å². The van der Waals surface area contributed by atoms with E-state index in [1.807, 2.05) is 7.05 Å². The number of likely N-dealkylation sites (tertiary alicyclic amines) is 1. The SMILES string of the molecule is CN1CCCC(N(C)S(=O)(=O)c2cccnc2C(N)=S)C1. The molecule has 21 heavy (non-hydrogen) atoms. The van der Waals surface area contributed by atoms with Gasteiger partial charge in [-0.3, -0.25) is 4.98 Å². The molecule has 1 aliphatic rings. The fourth-order valence-corrected chi connectivity index (χ4v) is 4.33. The summed E-state index contributed by atoms with van der Waals surface area (Å²) in [5.41, 5.74) is 5.75. The molecule has 1 fully saturated rings. The Labute approximate surface area is 131 Å². The molecule has 1 saturated heterocycles. The first-order valence-electron chi connectivity index (χ1n) is 6.75. The van der Waals surface area contributed by atoms with Crippen LogP contribution in [0.3, 0.4) is 0 Å². The Morgan fingerprint density at radius 3 is 2.90 bits per heavy atom. The molecule has 0 aliphatic carbocycles. The number of aromatic nitrogens is 1. The van der Waals surface area contributed by atoms with Crippen molar-refractivity contribution in [1.29, 1.82) is 0 Å². The maximum atomic E-state index is 12.8. The molecule has 1 aromatic rings. The number of nitrogens with zero attached hydrogens (tertiary/aromatic N) is 3. The minimum absolute atomic E-state index is 0.0108. The van der Waals surface area contributed by atoms with E-state index in [-0.39, 0.29) is 21.6 Å². The first kappa shape index (κ1) is 16.3. The lowest BCUT2D eigenvalue weighted by molar-refractivity contribution is 0.187. The fourth-order valence-electron chi connectivity index (χ4n) is 2.57. The van der Waals surface area contributed by atoms with Gasteiger partial charge < -0.3 is 10.6 Å². The highest BCUT2D eigenvalue weighted by Gasteiger charge is 2.32. The highest BCUT2D eigenvalue weighted by Crippen LogP contribution is 2.23. The second kappa shape index (κ2) is 6.35. The van der Waals surface area contributed by atoms with E-state index in [9.17, 15) is 8.42 Å². The van der Waals surface area contributed by atoms with Crippen LogP contribution in [0.25, 0.3) is 0 Å². The van der Waals surface area contributed by atoms with Crippen LogP contribution in [0.5, 0.6) is 0 Å². The second-order valence-electron chi connectivity index (χ2n) is 5.29. The Balaban J connectivity index is 2.35. The zero-order chi connectivity index (χ0) is 15.6. The van der Waals surface area contributed by atoms with Gasteiger partial charge in [-0.05, 0) is 38.6 Å². The van der Waals surface area contributed by atoms with Crippen LogP contribution in [0, 0.1) is 0 Å². The van der Waals surface area contributed by atoms with Crippen molar-refractivity contribution in [2.75, 3.05) is 27.2 Å². The zero-order valence-corrected chi connectivity index (χ0v) is 13.8. The topological polar surface area (TPSA) is 79.5 Å². The van der Waals surface area contributed by atoms with Crippen LogP contribution in [-0.4, -0.2) is 60.8 Å². The van der Waals surface area contributed by atoms with E-state index in [0.29, 0.717) is 0 Å². The normalized spacial score (nSPS) is 20.6. The van der Waals surface area contributed by atoms with E-state index in [1.165, 1.54) is 16.6 Å². The first-order valence-corrected chi connectivity index (χ1v) is 8.60. The van der Waals surface area contributed by atoms with E-state index < -0.39 is 10.0 Å². The van der Waals surface area contributed by atoms with Crippen LogP contribution < -0.4 is 5.73 Å². The van der Waals surface area contributed by atoms with E-state index in [1.54, 1.807) is 13.1 Å². The van der Waals surface area contributed by atoms with Crippen molar-refractivity contribution in [3.63, 3.8) is 0 Å². The molecule has 1 aliphatic heterocycles. The number of likely N-dealkylation sites (N-methyl/N-ethyl adjacent to an activating group) is 2. The van der Waals surface area contributed by atoms with Gasteiger partial charge in [-0.15, -0.1) is 0 Å². The molecule has 2 N–H and O–H groups in total. The Morgan fingerprint density at radius 1 is 1.57 bits per heavy atom. The standard InChI is InChI=1S/C13H20N4O2S2/c1-16-8-4-5-10(9-16)17(2)21(18,19)11-6-3-7-15-12(11)13(14)20/h3,6-7,10H,4-5,8-9H2,1-2H3,(H2,14,20). The molecule has 2 rings (SSSR count). The lowest BCUT2D eigenvalue weighted by Crippen LogP contribution is -2.47. The highest BCUT2D eigenvalue weighted by molar-refractivity contribution is 7.89. The monoisotopic (exact) mass is 328 g/mol. The Morgan fingerprint density at radius 2 is 2.29 bits per heavy atom. The van der Waals surface area contributed by atoms with Crippen molar-refractivity contribution >= 4 is 27.2 Å². The van der Waals surface area contributed by atoms with Gasteiger partial charge in [0.15, 0.2) is 0 Å². The summed E-state index contributed by atoms with van der Waals surface area (Å²) in [6.45, 7) is 1.72. The zero-order valence-electron chi connectivity index (χ0n) is 12.2. The molecule has 0 aromatic carbocycles. The van der Waals surface area contributed by atoms with E-state index in [0.717, 1.165) is 25.9 Å². The molecule has 0 amide bonds. The van der Waals surface area contributed by atoms with E-state index in [2.05, 4.69) is 9.88 Å². The van der Waals surface area contributed by atoms with Crippen LogP contribution >= 0.6 is 12.2 Å². The largest absolute Gasteiger partial charge is 0.388 e. The minimum Gasteiger partial charge on any atom is -0.388 e. The number of hydrogen-bond donors (Lipinski definition) is 1. The van der Waals surface area contributed by atoms with E-state index in [4.69, 9.17) is 18.0 Å². The number of thiocarbonyl (C=S) groups is 1. The average Bonchev–Trinajstić information content (AvgIpc) is 2.46. The maximum absolute atomic E-state index is 12.8. The van der Waals surface area contributed by atoms with Crippen molar-refractivity contribution in [2.45, 2.75) is 23.8 Å². The predicted octanol–water partition coefficient (Wildman–Crippen LogP) is 0.431. The minimum atomic E-state index is -3.66. The summed E-state index contributed by atoms with van der Waals surface area (Å²) in [4.78, 5) is 6.21. The first-order chi connectivity index (χ1) is 9.84. The van der Waals surface area contributed by atoms with Crippen molar-refractivity contribution in [3.8, 4) is 0 Å². The molecular weight excluding hydrogens is 308 g/mol. The van der Waals surface area contributed by atoms with Crippen molar-refractivity contribution in [1.82, 2.24) is 14.2 Å². The van der Waals surface area contributed by atoms with E-state index >= 15 is 0 Å². The summed E-state index contributed by atoms with van der Waals surface area (Å²) >= 11 is 4.90. The molecule has 0 saturated carbocycles. The molecule has 1 aromatic heterocycles.